The highest BCUT2D eigenvalue weighted by molar-refractivity contribution is 6.32. The summed E-state index contributed by atoms with van der Waals surface area (Å²) in [6.45, 7) is 1.29. The molecule has 0 saturated carbocycles. The third-order valence-electron chi connectivity index (χ3n) is 3.85. The molecule has 1 amide bonds. The molecule has 0 unspecified atom stereocenters. The zero-order valence-corrected chi connectivity index (χ0v) is 16.9. The number of rotatable bonds is 8. The first-order valence-electron chi connectivity index (χ1n) is 8.94. The predicted molar refractivity (Wildman–Crippen MR) is 112 cm³/mol. The van der Waals surface area contributed by atoms with Gasteiger partial charge in [-0.05, 0) is 56.6 Å². The molecule has 0 fully saturated rings. The minimum absolute atomic E-state index is 0.188. The first-order valence-corrected chi connectivity index (χ1v) is 9.32. The molecule has 0 bridgehead atoms. The lowest BCUT2D eigenvalue weighted by atomic mass is 10.2. The zero-order chi connectivity index (χ0) is 20.6. The van der Waals surface area contributed by atoms with Gasteiger partial charge in [0.25, 0.3) is 5.91 Å². The number of nitrogens with zero attached hydrogens (tertiary/aromatic N) is 3. The summed E-state index contributed by atoms with van der Waals surface area (Å²) in [5, 5.41) is 3.22. The van der Waals surface area contributed by atoms with Crippen molar-refractivity contribution >= 4 is 23.2 Å². The van der Waals surface area contributed by atoms with E-state index in [1.807, 2.05) is 19.0 Å². The summed E-state index contributed by atoms with van der Waals surface area (Å²) in [7, 11) is 3.93. The van der Waals surface area contributed by atoms with Gasteiger partial charge in [0, 0.05) is 24.6 Å². The number of halogens is 1. The van der Waals surface area contributed by atoms with Crippen LogP contribution in [0.25, 0.3) is 0 Å². The Morgan fingerprint density at radius 2 is 2.00 bits per heavy atom. The number of carbonyl (C=O) groups is 1. The number of hydrogen-bond acceptors (Lipinski definition) is 6. The van der Waals surface area contributed by atoms with Crippen molar-refractivity contribution in [1.82, 2.24) is 14.9 Å². The van der Waals surface area contributed by atoms with Gasteiger partial charge in [0.1, 0.15) is 23.7 Å². The van der Waals surface area contributed by atoms with Crippen molar-refractivity contribution in [3.8, 4) is 17.4 Å². The van der Waals surface area contributed by atoms with E-state index >= 15 is 0 Å². The maximum Gasteiger partial charge on any atom is 0.261 e. The van der Waals surface area contributed by atoms with Crippen molar-refractivity contribution in [2.24, 2.45) is 0 Å². The summed E-state index contributed by atoms with van der Waals surface area (Å²) in [6, 6.07) is 11.9. The van der Waals surface area contributed by atoms with Crippen LogP contribution in [0.2, 0.25) is 5.02 Å². The molecule has 1 aromatic carbocycles. The Labute approximate surface area is 174 Å². The number of pyridine rings is 2. The van der Waals surface area contributed by atoms with Crippen LogP contribution in [-0.4, -0.2) is 48.0 Å². The summed E-state index contributed by atoms with van der Waals surface area (Å²) in [4.78, 5) is 22.9. The lowest BCUT2D eigenvalue weighted by molar-refractivity contribution is 0.102. The molecule has 0 atom stereocenters. The van der Waals surface area contributed by atoms with Crippen molar-refractivity contribution in [2.45, 2.75) is 0 Å². The molecule has 0 radical (unpaired) electrons. The first kappa shape index (κ1) is 20.6. The second-order valence-corrected chi connectivity index (χ2v) is 6.81. The van der Waals surface area contributed by atoms with E-state index in [1.165, 1.54) is 0 Å². The first-order chi connectivity index (χ1) is 14.0. The van der Waals surface area contributed by atoms with E-state index in [1.54, 1.807) is 61.1 Å². The van der Waals surface area contributed by atoms with Crippen LogP contribution < -0.4 is 14.8 Å². The number of hydrogen-bond donors (Lipinski definition) is 1. The number of carbonyl (C=O) groups excluding carboxylic acids is 1. The number of ether oxygens (including phenoxy) is 2. The Hall–Kier alpha value is -3.16. The highest BCUT2D eigenvalue weighted by Gasteiger charge is 2.15. The molecule has 3 aromatic rings. The highest BCUT2D eigenvalue weighted by atomic mass is 35.5. The number of aromatic nitrogens is 2. The number of amides is 1. The fourth-order valence-corrected chi connectivity index (χ4v) is 2.63. The molecular weight excluding hydrogens is 392 g/mol. The molecule has 3 rings (SSSR count). The molecule has 7 nitrogen and oxygen atoms in total. The number of nitrogens with one attached hydrogen (secondary N) is 1. The fraction of sp³-hybridized carbons (Fsp3) is 0.190. The zero-order valence-electron chi connectivity index (χ0n) is 16.1. The van der Waals surface area contributed by atoms with E-state index in [4.69, 9.17) is 21.1 Å². The van der Waals surface area contributed by atoms with Gasteiger partial charge < -0.3 is 19.7 Å². The average molecular weight is 413 g/mol. The molecule has 0 saturated heterocycles. The van der Waals surface area contributed by atoms with Gasteiger partial charge in [-0.3, -0.25) is 9.78 Å². The topological polar surface area (TPSA) is 76.6 Å². The molecule has 29 heavy (non-hydrogen) atoms. The molecular formula is C21H21ClN4O3. The Bertz CT molecular complexity index is 967. The van der Waals surface area contributed by atoms with E-state index in [0.717, 1.165) is 6.54 Å². The van der Waals surface area contributed by atoms with Gasteiger partial charge in [-0.2, -0.15) is 0 Å². The standard InChI is InChI=1S/C21H21ClN4O3/c1-26(2)11-12-28-19-8-7-15(13-18(19)22)25-20(27)17-6-4-10-24-21(17)29-16-5-3-9-23-14-16/h3-10,13-14H,11-12H2,1-2H3,(H,25,27). The van der Waals surface area contributed by atoms with E-state index in [9.17, 15) is 4.79 Å². The average Bonchev–Trinajstić information content (AvgIpc) is 2.70. The SMILES string of the molecule is CN(C)CCOc1ccc(NC(=O)c2cccnc2Oc2cccnc2)cc1Cl. The maximum absolute atomic E-state index is 12.7. The predicted octanol–water partition coefficient (Wildman–Crippen LogP) is 4.12. The largest absolute Gasteiger partial charge is 0.491 e. The van der Waals surface area contributed by atoms with Crippen molar-refractivity contribution < 1.29 is 14.3 Å². The molecule has 0 aliphatic rings. The third kappa shape index (κ3) is 5.91. The fourth-order valence-electron chi connectivity index (χ4n) is 2.40. The highest BCUT2D eigenvalue weighted by Crippen LogP contribution is 2.29. The van der Waals surface area contributed by atoms with Crippen molar-refractivity contribution in [1.29, 1.82) is 0 Å². The van der Waals surface area contributed by atoms with Gasteiger partial charge in [-0.1, -0.05) is 11.6 Å². The van der Waals surface area contributed by atoms with Gasteiger partial charge in [0.2, 0.25) is 5.88 Å². The quantitative estimate of drug-likeness (QED) is 0.599. The molecule has 1 N–H and O–H groups in total. The minimum atomic E-state index is -0.366. The van der Waals surface area contributed by atoms with Crippen LogP contribution in [-0.2, 0) is 0 Å². The van der Waals surface area contributed by atoms with E-state index < -0.39 is 0 Å². The number of benzene rings is 1. The van der Waals surface area contributed by atoms with Gasteiger partial charge in [0.15, 0.2) is 0 Å². The Kier molecular flexibility index (Phi) is 6.99. The van der Waals surface area contributed by atoms with Gasteiger partial charge in [0.05, 0.1) is 11.2 Å². The van der Waals surface area contributed by atoms with Crippen LogP contribution in [0.4, 0.5) is 5.69 Å². The van der Waals surface area contributed by atoms with Crippen LogP contribution in [0.15, 0.2) is 61.1 Å². The molecule has 0 spiro atoms. The van der Waals surface area contributed by atoms with E-state index in [2.05, 4.69) is 15.3 Å². The monoisotopic (exact) mass is 412 g/mol. The Morgan fingerprint density at radius 1 is 1.17 bits per heavy atom. The second kappa shape index (κ2) is 9.86. The normalized spacial score (nSPS) is 10.6. The van der Waals surface area contributed by atoms with Crippen LogP contribution in [0, 0.1) is 0 Å². The minimum Gasteiger partial charge on any atom is -0.491 e. The Morgan fingerprint density at radius 3 is 2.72 bits per heavy atom. The molecule has 2 heterocycles. The summed E-state index contributed by atoms with van der Waals surface area (Å²) in [5.74, 6) is 0.873. The molecule has 0 aliphatic carbocycles. The van der Waals surface area contributed by atoms with Crippen molar-refractivity contribution in [3.63, 3.8) is 0 Å². The number of anilines is 1. The summed E-state index contributed by atoms with van der Waals surface area (Å²) in [6.07, 6.45) is 4.74. The summed E-state index contributed by atoms with van der Waals surface area (Å²) in [5.41, 5.74) is 0.829. The maximum atomic E-state index is 12.7. The Balaban J connectivity index is 1.70. The summed E-state index contributed by atoms with van der Waals surface area (Å²) < 4.78 is 11.3. The number of likely N-dealkylation sites (N-methyl/N-ethyl adjacent to an activating group) is 1. The van der Waals surface area contributed by atoms with Crippen LogP contribution in [0.3, 0.4) is 0 Å². The molecule has 0 aliphatic heterocycles. The van der Waals surface area contributed by atoms with Crippen LogP contribution in [0.1, 0.15) is 10.4 Å². The van der Waals surface area contributed by atoms with Gasteiger partial charge in [-0.15, -0.1) is 0 Å². The van der Waals surface area contributed by atoms with Crippen molar-refractivity contribution in [2.75, 3.05) is 32.6 Å². The van der Waals surface area contributed by atoms with Crippen molar-refractivity contribution in [3.05, 3.63) is 71.6 Å². The van der Waals surface area contributed by atoms with Crippen LogP contribution in [0.5, 0.6) is 17.4 Å². The molecule has 8 heteroatoms. The van der Waals surface area contributed by atoms with Crippen LogP contribution >= 0.6 is 11.6 Å². The second-order valence-electron chi connectivity index (χ2n) is 6.40. The smallest absolute Gasteiger partial charge is 0.261 e. The lowest BCUT2D eigenvalue weighted by Crippen LogP contribution is -2.19. The lowest BCUT2D eigenvalue weighted by Gasteiger charge is -2.13. The van der Waals surface area contributed by atoms with E-state index in [-0.39, 0.29) is 11.8 Å². The van der Waals surface area contributed by atoms with E-state index in [0.29, 0.717) is 34.4 Å². The molecule has 150 valence electrons. The van der Waals surface area contributed by atoms with Gasteiger partial charge >= 0.3 is 0 Å². The third-order valence-corrected chi connectivity index (χ3v) is 4.15. The molecule has 2 aromatic heterocycles. The summed E-state index contributed by atoms with van der Waals surface area (Å²) >= 11 is 6.28. The van der Waals surface area contributed by atoms with Gasteiger partial charge in [-0.25, -0.2) is 4.98 Å².